The normalized spacial score (nSPS) is 34.3. The molecule has 0 aromatic heterocycles. The van der Waals surface area contributed by atoms with Crippen LogP contribution in [0.3, 0.4) is 0 Å². The van der Waals surface area contributed by atoms with Crippen LogP contribution in [-0.4, -0.2) is 12.1 Å². The van der Waals surface area contributed by atoms with Crippen molar-refractivity contribution >= 4 is 0 Å². The van der Waals surface area contributed by atoms with Gasteiger partial charge in [-0.25, -0.2) is 0 Å². The lowest BCUT2D eigenvalue weighted by atomic mass is 9.98. The molecule has 15 heavy (non-hydrogen) atoms. The minimum absolute atomic E-state index is 0.739. The monoisotopic (exact) mass is 201 g/mol. The van der Waals surface area contributed by atoms with Crippen LogP contribution in [0, 0.1) is 5.92 Å². The second-order valence-corrected chi connectivity index (χ2v) is 5.09. The molecule has 1 N–H and O–H groups in total. The van der Waals surface area contributed by atoms with Gasteiger partial charge in [-0.15, -0.1) is 0 Å². The molecular formula is C14H19N. The van der Waals surface area contributed by atoms with E-state index in [4.69, 9.17) is 0 Å². The van der Waals surface area contributed by atoms with E-state index >= 15 is 0 Å². The Bertz CT molecular complexity index is 307. The molecule has 1 aromatic carbocycles. The third-order valence-electron chi connectivity index (χ3n) is 4.02. The molecule has 1 nitrogen and oxygen atoms in total. The summed E-state index contributed by atoms with van der Waals surface area (Å²) in [5.74, 6) is 0.985. The number of rotatable bonds is 2. The van der Waals surface area contributed by atoms with Crippen molar-refractivity contribution in [2.24, 2.45) is 5.92 Å². The number of nitrogens with one attached hydrogen (secondary N) is 1. The Morgan fingerprint density at radius 1 is 1.13 bits per heavy atom. The first-order valence-corrected chi connectivity index (χ1v) is 6.22. The summed E-state index contributed by atoms with van der Waals surface area (Å²) in [6, 6.07) is 12.5. The quantitative estimate of drug-likeness (QED) is 0.776. The largest absolute Gasteiger partial charge is 0.311 e. The van der Waals surface area contributed by atoms with E-state index in [0.29, 0.717) is 0 Å². The van der Waals surface area contributed by atoms with Crippen molar-refractivity contribution in [3.8, 4) is 0 Å². The van der Waals surface area contributed by atoms with Gasteiger partial charge in [-0.1, -0.05) is 36.8 Å². The van der Waals surface area contributed by atoms with Gasteiger partial charge in [0, 0.05) is 12.1 Å². The molecule has 2 fully saturated rings. The molecule has 3 rings (SSSR count). The fourth-order valence-corrected chi connectivity index (χ4v) is 3.32. The van der Waals surface area contributed by atoms with Gasteiger partial charge in [-0.3, -0.25) is 0 Å². The smallest absolute Gasteiger partial charge is 0.0113 e. The highest BCUT2D eigenvalue weighted by molar-refractivity contribution is 5.16. The van der Waals surface area contributed by atoms with Crippen LogP contribution in [-0.2, 0) is 6.42 Å². The van der Waals surface area contributed by atoms with Crippen molar-refractivity contribution < 1.29 is 0 Å². The van der Waals surface area contributed by atoms with Gasteiger partial charge in [0.2, 0.25) is 0 Å². The van der Waals surface area contributed by atoms with Crippen molar-refractivity contribution in [2.75, 3.05) is 0 Å². The average molecular weight is 201 g/mol. The number of benzene rings is 1. The summed E-state index contributed by atoms with van der Waals surface area (Å²) in [5.41, 5.74) is 1.48. The van der Waals surface area contributed by atoms with E-state index in [2.05, 4.69) is 35.6 Å². The van der Waals surface area contributed by atoms with Gasteiger partial charge in [0.05, 0.1) is 0 Å². The Hall–Kier alpha value is -0.820. The number of fused-ring (bicyclic) bond motifs is 1. The maximum Gasteiger partial charge on any atom is 0.0113 e. The summed E-state index contributed by atoms with van der Waals surface area (Å²) in [7, 11) is 0. The maximum absolute atomic E-state index is 3.80. The summed E-state index contributed by atoms with van der Waals surface area (Å²) in [5, 5.41) is 3.80. The predicted octanol–water partition coefficient (Wildman–Crippen LogP) is 2.76. The zero-order valence-corrected chi connectivity index (χ0v) is 9.15. The van der Waals surface area contributed by atoms with Gasteiger partial charge >= 0.3 is 0 Å². The van der Waals surface area contributed by atoms with Crippen molar-refractivity contribution in [2.45, 2.75) is 44.2 Å². The van der Waals surface area contributed by atoms with Crippen LogP contribution >= 0.6 is 0 Å². The summed E-state index contributed by atoms with van der Waals surface area (Å²) in [4.78, 5) is 0. The van der Waals surface area contributed by atoms with Crippen molar-refractivity contribution in [3.63, 3.8) is 0 Å². The first kappa shape index (κ1) is 9.41. The van der Waals surface area contributed by atoms with Crippen LogP contribution < -0.4 is 5.32 Å². The first-order chi connectivity index (χ1) is 7.42. The lowest BCUT2D eigenvalue weighted by Gasteiger charge is -2.12. The molecule has 3 unspecified atom stereocenters. The molecule has 2 aliphatic rings. The third kappa shape index (κ3) is 1.93. The minimum atomic E-state index is 0.739. The highest BCUT2D eigenvalue weighted by Gasteiger charge is 2.36. The molecular weight excluding hydrogens is 182 g/mol. The van der Waals surface area contributed by atoms with E-state index in [1.807, 2.05) is 0 Å². The van der Waals surface area contributed by atoms with Crippen molar-refractivity contribution in [1.29, 1.82) is 0 Å². The highest BCUT2D eigenvalue weighted by atomic mass is 15.0. The Morgan fingerprint density at radius 2 is 2.00 bits per heavy atom. The molecule has 1 saturated carbocycles. The second-order valence-electron chi connectivity index (χ2n) is 5.09. The van der Waals surface area contributed by atoms with Crippen LogP contribution in [0.1, 0.15) is 31.2 Å². The zero-order valence-electron chi connectivity index (χ0n) is 9.15. The molecule has 0 bridgehead atoms. The third-order valence-corrected chi connectivity index (χ3v) is 4.02. The summed E-state index contributed by atoms with van der Waals surface area (Å²) in [6.07, 6.45) is 6.94. The molecule has 80 valence electrons. The topological polar surface area (TPSA) is 12.0 Å². The van der Waals surface area contributed by atoms with Gasteiger partial charge in [0.1, 0.15) is 0 Å². The van der Waals surface area contributed by atoms with E-state index in [9.17, 15) is 0 Å². The Labute approximate surface area is 91.9 Å². The van der Waals surface area contributed by atoms with Gasteiger partial charge < -0.3 is 5.32 Å². The van der Waals surface area contributed by atoms with E-state index in [1.54, 1.807) is 0 Å². The molecule has 1 heteroatoms. The zero-order chi connectivity index (χ0) is 10.1. The van der Waals surface area contributed by atoms with Crippen LogP contribution in [0.15, 0.2) is 30.3 Å². The molecule has 1 heterocycles. The maximum atomic E-state index is 3.80. The fraction of sp³-hybridized carbons (Fsp3) is 0.571. The van der Waals surface area contributed by atoms with Crippen LogP contribution in [0.4, 0.5) is 0 Å². The van der Waals surface area contributed by atoms with E-state index in [-0.39, 0.29) is 0 Å². The molecule has 1 aliphatic heterocycles. The second kappa shape index (κ2) is 3.97. The molecule has 1 aliphatic carbocycles. The number of hydrogen-bond acceptors (Lipinski definition) is 1. The standard InChI is InChI=1S/C14H19N/c1-2-5-11(6-3-1)9-13-10-12-7-4-8-14(12)15-13/h1-3,5-6,12-15H,4,7-10H2. The van der Waals surface area contributed by atoms with Crippen molar-refractivity contribution in [3.05, 3.63) is 35.9 Å². The van der Waals surface area contributed by atoms with E-state index < -0.39 is 0 Å². The molecule has 3 atom stereocenters. The van der Waals surface area contributed by atoms with E-state index in [0.717, 1.165) is 18.0 Å². The summed E-state index contributed by atoms with van der Waals surface area (Å²) in [6.45, 7) is 0. The van der Waals surface area contributed by atoms with Crippen LogP contribution in [0.25, 0.3) is 0 Å². The molecule has 1 aromatic rings. The fourth-order valence-electron chi connectivity index (χ4n) is 3.32. The summed E-state index contributed by atoms with van der Waals surface area (Å²) < 4.78 is 0. The molecule has 0 amide bonds. The Morgan fingerprint density at radius 3 is 2.80 bits per heavy atom. The number of hydrogen-bond donors (Lipinski definition) is 1. The highest BCUT2D eigenvalue weighted by Crippen LogP contribution is 2.35. The predicted molar refractivity (Wildman–Crippen MR) is 62.8 cm³/mol. The lowest BCUT2D eigenvalue weighted by molar-refractivity contribution is 0.515. The van der Waals surface area contributed by atoms with Crippen LogP contribution in [0.5, 0.6) is 0 Å². The van der Waals surface area contributed by atoms with E-state index in [1.165, 1.54) is 37.7 Å². The first-order valence-electron chi connectivity index (χ1n) is 6.22. The SMILES string of the molecule is c1ccc(CC2CC3CCCC3N2)cc1. The minimum Gasteiger partial charge on any atom is -0.311 e. The average Bonchev–Trinajstić information content (AvgIpc) is 2.79. The molecule has 0 radical (unpaired) electrons. The van der Waals surface area contributed by atoms with Gasteiger partial charge in [0.25, 0.3) is 0 Å². The molecule has 1 saturated heterocycles. The van der Waals surface area contributed by atoms with Crippen LogP contribution in [0.2, 0.25) is 0 Å². The lowest BCUT2D eigenvalue weighted by Crippen LogP contribution is -2.30. The molecule has 0 spiro atoms. The van der Waals surface area contributed by atoms with Gasteiger partial charge in [0.15, 0.2) is 0 Å². The summed E-state index contributed by atoms with van der Waals surface area (Å²) >= 11 is 0. The van der Waals surface area contributed by atoms with Gasteiger partial charge in [-0.2, -0.15) is 0 Å². The van der Waals surface area contributed by atoms with Crippen molar-refractivity contribution in [1.82, 2.24) is 5.32 Å². The Kier molecular flexibility index (Phi) is 2.49. The Balaban J connectivity index is 1.62. The van der Waals surface area contributed by atoms with Gasteiger partial charge in [-0.05, 0) is 37.2 Å².